The first-order chi connectivity index (χ1) is 7.93. The lowest BCUT2D eigenvalue weighted by atomic mass is 9.99. The lowest BCUT2D eigenvalue weighted by molar-refractivity contribution is -0.137. The monoisotopic (exact) mass is 243 g/mol. The van der Waals surface area contributed by atoms with Crippen molar-refractivity contribution >= 4 is 11.8 Å². The van der Waals surface area contributed by atoms with Crippen LogP contribution in [0.3, 0.4) is 0 Å². The molecule has 0 unspecified atom stereocenters. The Bertz CT molecular complexity index is 256. The number of nitrogens with zero attached hydrogens (tertiary/aromatic N) is 1. The van der Waals surface area contributed by atoms with Gasteiger partial charge in [-0.25, -0.2) is 0 Å². The van der Waals surface area contributed by atoms with Gasteiger partial charge < -0.3 is 16.4 Å². The van der Waals surface area contributed by atoms with E-state index in [-0.39, 0.29) is 18.4 Å². The average Bonchev–Trinajstić information content (AvgIpc) is 2.31. The number of carbonyl (C=O) groups excluding carboxylic acids is 2. The number of primary amides is 1. The zero-order valence-corrected chi connectivity index (χ0v) is 11.1. The SMILES string of the molecule is CCCCN(CC(N)=O)C(=O)[C@@H](N)[C@@H](C)CC. The van der Waals surface area contributed by atoms with Crippen LogP contribution in [0, 0.1) is 5.92 Å². The van der Waals surface area contributed by atoms with E-state index in [1.807, 2.05) is 20.8 Å². The Hall–Kier alpha value is -1.10. The summed E-state index contributed by atoms with van der Waals surface area (Å²) in [5, 5.41) is 0. The molecule has 0 heterocycles. The molecule has 5 heteroatoms. The van der Waals surface area contributed by atoms with Crippen LogP contribution < -0.4 is 11.5 Å². The molecule has 0 aromatic heterocycles. The predicted octanol–water partition coefficient (Wildman–Crippen LogP) is 0.474. The maximum Gasteiger partial charge on any atom is 0.240 e. The molecule has 0 aromatic carbocycles. The van der Waals surface area contributed by atoms with Crippen molar-refractivity contribution in [3.05, 3.63) is 0 Å². The highest BCUT2D eigenvalue weighted by atomic mass is 16.2. The first-order valence-electron chi connectivity index (χ1n) is 6.26. The van der Waals surface area contributed by atoms with Crippen LogP contribution in [0.2, 0.25) is 0 Å². The van der Waals surface area contributed by atoms with Gasteiger partial charge in [-0.15, -0.1) is 0 Å². The summed E-state index contributed by atoms with van der Waals surface area (Å²) >= 11 is 0. The molecule has 0 rings (SSSR count). The third kappa shape index (κ3) is 5.68. The van der Waals surface area contributed by atoms with E-state index in [0.717, 1.165) is 19.3 Å². The highest BCUT2D eigenvalue weighted by Crippen LogP contribution is 2.09. The molecular weight excluding hydrogens is 218 g/mol. The lowest BCUT2D eigenvalue weighted by Gasteiger charge is -2.27. The van der Waals surface area contributed by atoms with Crippen molar-refractivity contribution in [2.75, 3.05) is 13.1 Å². The van der Waals surface area contributed by atoms with Crippen molar-refractivity contribution in [2.24, 2.45) is 17.4 Å². The van der Waals surface area contributed by atoms with Gasteiger partial charge in [0.1, 0.15) is 0 Å². The molecule has 100 valence electrons. The van der Waals surface area contributed by atoms with Gasteiger partial charge in [-0.2, -0.15) is 0 Å². The number of hydrogen-bond acceptors (Lipinski definition) is 3. The largest absolute Gasteiger partial charge is 0.368 e. The fourth-order valence-electron chi connectivity index (χ4n) is 1.51. The minimum Gasteiger partial charge on any atom is -0.368 e. The molecule has 0 aromatic rings. The fraction of sp³-hybridized carbons (Fsp3) is 0.833. The number of unbranched alkanes of at least 4 members (excludes halogenated alkanes) is 1. The highest BCUT2D eigenvalue weighted by Gasteiger charge is 2.25. The van der Waals surface area contributed by atoms with E-state index in [2.05, 4.69) is 0 Å². The highest BCUT2D eigenvalue weighted by molar-refractivity contribution is 5.86. The van der Waals surface area contributed by atoms with Crippen LogP contribution in [0.4, 0.5) is 0 Å². The van der Waals surface area contributed by atoms with Crippen molar-refractivity contribution < 1.29 is 9.59 Å². The normalized spacial score (nSPS) is 14.1. The number of hydrogen-bond donors (Lipinski definition) is 2. The standard InChI is InChI=1S/C12H25N3O2/c1-4-6-7-15(8-10(13)16)12(17)11(14)9(3)5-2/h9,11H,4-8,14H2,1-3H3,(H2,13,16)/t9-,11-/m0/s1. The van der Waals surface area contributed by atoms with Crippen molar-refractivity contribution in [1.82, 2.24) is 4.90 Å². The van der Waals surface area contributed by atoms with E-state index >= 15 is 0 Å². The van der Waals surface area contributed by atoms with Gasteiger partial charge in [0, 0.05) is 6.54 Å². The van der Waals surface area contributed by atoms with Crippen molar-refractivity contribution in [2.45, 2.75) is 46.1 Å². The van der Waals surface area contributed by atoms with Crippen LogP contribution in [0.1, 0.15) is 40.0 Å². The van der Waals surface area contributed by atoms with Gasteiger partial charge in [0.15, 0.2) is 0 Å². The summed E-state index contributed by atoms with van der Waals surface area (Å²) in [4.78, 5) is 24.5. The first kappa shape index (κ1) is 15.9. The van der Waals surface area contributed by atoms with Gasteiger partial charge in [-0.3, -0.25) is 9.59 Å². The van der Waals surface area contributed by atoms with E-state index < -0.39 is 11.9 Å². The van der Waals surface area contributed by atoms with E-state index in [4.69, 9.17) is 11.5 Å². The van der Waals surface area contributed by atoms with E-state index in [1.54, 1.807) is 0 Å². The smallest absolute Gasteiger partial charge is 0.240 e. The molecule has 0 aliphatic carbocycles. The molecule has 0 saturated carbocycles. The van der Waals surface area contributed by atoms with Crippen molar-refractivity contribution in [3.63, 3.8) is 0 Å². The van der Waals surface area contributed by atoms with Gasteiger partial charge in [0.25, 0.3) is 0 Å². The van der Waals surface area contributed by atoms with E-state index in [0.29, 0.717) is 6.54 Å². The summed E-state index contributed by atoms with van der Waals surface area (Å²) in [6, 6.07) is -0.545. The molecule has 0 aliphatic heterocycles. The van der Waals surface area contributed by atoms with Crippen LogP contribution in [0.25, 0.3) is 0 Å². The number of nitrogens with two attached hydrogens (primary N) is 2. The van der Waals surface area contributed by atoms with Crippen LogP contribution in [0.15, 0.2) is 0 Å². The quantitative estimate of drug-likeness (QED) is 0.649. The Labute approximate surface area is 104 Å². The molecular formula is C12H25N3O2. The van der Waals surface area contributed by atoms with Gasteiger partial charge >= 0.3 is 0 Å². The Morgan fingerprint density at radius 3 is 2.29 bits per heavy atom. The zero-order chi connectivity index (χ0) is 13.4. The van der Waals surface area contributed by atoms with E-state index in [1.165, 1.54) is 4.90 Å². The number of carbonyl (C=O) groups is 2. The summed E-state index contributed by atoms with van der Waals surface area (Å²) in [6.45, 7) is 6.46. The molecule has 0 aliphatic rings. The Morgan fingerprint density at radius 2 is 1.88 bits per heavy atom. The molecule has 17 heavy (non-hydrogen) atoms. The van der Waals surface area contributed by atoms with E-state index in [9.17, 15) is 9.59 Å². The second kappa shape index (κ2) is 8.06. The molecule has 0 fully saturated rings. The maximum absolute atomic E-state index is 12.1. The van der Waals surface area contributed by atoms with Crippen molar-refractivity contribution in [1.29, 1.82) is 0 Å². The maximum atomic E-state index is 12.1. The van der Waals surface area contributed by atoms with Crippen molar-refractivity contribution in [3.8, 4) is 0 Å². The molecule has 5 nitrogen and oxygen atoms in total. The fourth-order valence-corrected chi connectivity index (χ4v) is 1.51. The van der Waals surface area contributed by atoms with Gasteiger partial charge in [0.2, 0.25) is 11.8 Å². The second-order valence-corrected chi connectivity index (χ2v) is 4.49. The molecule has 0 spiro atoms. The minimum atomic E-state index is -0.545. The number of rotatable bonds is 8. The Morgan fingerprint density at radius 1 is 1.29 bits per heavy atom. The summed E-state index contributed by atoms with van der Waals surface area (Å²) in [5.74, 6) is -0.558. The molecule has 4 N–H and O–H groups in total. The van der Waals surface area contributed by atoms with Gasteiger partial charge in [0.05, 0.1) is 12.6 Å². The molecule has 0 saturated heterocycles. The van der Waals surface area contributed by atoms with Gasteiger partial charge in [-0.1, -0.05) is 33.6 Å². The third-order valence-electron chi connectivity index (χ3n) is 2.98. The Balaban J connectivity index is 4.54. The number of amides is 2. The lowest BCUT2D eigenvalue weighted by Crippen LogP contribution is -2.49. The summed E-state index contributed by atoms with van der Waals surface area (Å²) in [7, 11) is 0. The van der Waals surface area contributed by atoms with Crippen LogP contribution in [-0.2, 0) is 9.59 Å². The Kier molecular flexibility index (Phi) is 7.54. The van der Waals surface area contributed by atoms with Crippen LogP contribution in [-0.4, -0.2) is 35.8 Å². The predicted molar refractivity (Wildman–Crippen MR) is 68.1 cm³/mol. The second-order valence-electron chi connectivity index (χ2n) is 4.49. The zero-order valence-electron chi connectivity index (χ0n) is 11.1. The molecule has 2 atom stereocenters. The van der Waals surface area contributed by atoms with Crippen LogP contribution >= 0.6 is 0 Å². The topological polar surface area (TPSA) is 89.4 Å². The minimum absolute atomic E-state index is 0.0387. The molecule has 0 bridgehead atoms. The third-order valence-corrected chi connectivity index (χ3v) is 2.98. The summed E-state index contributed by atoms with van der Waals surface area (Å²) < 4.78 is 0. The molecule has 2 amide bonds. The summed E-state index contributed by atoms with van der Waals surface area (Å²) in [5.41, 5.74) is 11.0. The first-order valence-corrected chi connectivity index (χ1v) is 6.26. The molecule has 0 radical (unpaired) electrons. The summed E-state index contributed by atoms with van der Waals surface area (Å²) in [6.07, 6.45) is 2.65. The van der Waals surface area contributed by atoms with Gasteiger partial charge in [-0.05, 0) is 12.3 Å². The average molecular weight is 243 g/mol. The van der Waals surface area contributed by atoms with Crippen LogP contribution in [0.5, 0.6) is 0 Å².